The number of benzene rings is 1. The predicted molar refractivity (Wildman–Crippen MR) is 62.1 cm³/mol. The lowest BCUT2D eigenvalue weighted by atomic mass is 10.3. The Balaban J connectivity index is 2.16. The second kappa shape index (κ2) is 3.68. The first kappa shape index (κ1) is 10.5. The quantitative estimate of drug-likeness (QED) is 0.834. The molecular formula is C12H13F2N3. The smallest absolute Gasteiger partial charge is 0.256 e. The van der Waals surface area contributed by atoms with Crippen molar-refractivity contribution >= 4 is 16.7 Å². The maximum atomic E-state index is 12.6. The first-order chi connectivity index (χ1) is 8.15. The molecule has 1 aliphatic carbocycles. The number of anilines is 1. The summed E-state index contributed by atoms with van der Waals surface area (Å²) in [7, 11) is 0. The van der Waals surface area contributed by atoms with Crippen LogP contribution in [0.4, 0.5) is 14.5 Å². The van der Waals surface area contributed by atoms with E-state index < -0.39 is 6.43 Å². The minimum atomic E-state index is -2.36. The SMILES string of the molecule is Nc1ccc2c(c1)nc(C1CC1)n2CC(F)F. The van der Waals surface area contributed by atoms with Crippen LogP contribution in [0, 0.1) is 0 Å². The molecular weight excluding hydrogens is 224 g/mol. The highest BCUT2D eigenvalue weighted by molar-refractivity contribution is 5.79. The average molecular weight is 237 g/mol. The summed E-state index contributed by atoms with van der Waals surface area (Å²) in [6.07, 6.45) is -0.271. The summed E-state index contributed by atoms with van der Waals surface area (Å²) in [6.45, 7) is -0.285. The van der Waals surface area contributed by atoms with E-state index in [1.165, 1.54) is 0 Å². The van der Waals surface area contributed by atoms with E-state index in [2.05, 4.69) is 4.98 Å². The molecule has 0 radical (unpaired) electrons. The first-order valence-corrected chi connectivity index (χ1v) is 5.69. The largest absolute Gasteiger partial charge is 0.399 e. The van der Waals surface area contributed by atoms with Gasteiger partial charge in [-0.3, -0.25) is 0 Å². The van der Waals surface area contributed by atoms with Crippen LogP contribution in [-0.2, 0) is 6.54 Å². The fraction of sp³-hybridized carbons (Fsp3) is 0.417. The molecule has 1 saturated carbocycles. The van der Waals surface area contributed by atoms with Crippen LogP contribution in [0.25, 0.3) is 11.0 Å². The molecule has 1 heterocycles. The van der Waals surface area contributed by atoms with Crippen molar-refractivity contribution in [1.82, 2.24) is 9.55 Å². The summed E-state index contributed by atoms with van der Waals surface area (Å²) >= 11 is 0. The lowest BCUT2D eigenvalue weighted by Crippen LogP contribution is -2.09. The summed E-state index contributed by atoms with van der Waals surface area (Å²) in [5.41, 5.74) is 7.76. The van der Waals surface area contributed by atoms with Crippen molar-refractivity contribution in [1.29, 1.82) is 0 Å². The van der Waals surface area contributed by atoms with Crippen molar-refractivity contribution in [2.45, 2.75) is 31.7 Å². The monoisotopic (exact) mass is 237 g/mol. The van der Waals surface area contributed by atoms with Gasteiger partial charge in [0.05, 0.1) is 17.6 Å². The molecule has 2 N–H and O–H groups in total. The van der Waals surface area contributed by atoms with Gasteiger partial charge in [-0.05, 0) is 31.0 Å². The molecule has 0 amide bonds. The van der Waals surface area contributed by atoms with Crippen LogP contribution >= 0.6 is 0 Å². The molecule has 2 aromatic rings. The molecule has 90 valence electrons. The summed E-state index contributed by atoms with van der Waals surface area (Å²) in [5, 5.41) is 0. The van der Waals surface area contributed by atoms with Crippen LogP contribution in [0.15, 0.2) is 18.2 Å². The van der Waals surface area contributed by atoms with E-state index in [0.29, 0.717) is 17.1 Å². The second-order valence-electron chi connectivity index (χ2n) is 4.49. The molecule has 3 rings (SSSR count). The number of hydrogen-bond acceptors (Lipinski definition) is 2. The molecule has 0 saturated heterocycles. The summed E-state index contributed by atoms with van der Waals surface area (Å²) in [6, 6.07) is 5.23. The number of hydrogen-bond donors (Lipinski definition) is 1. The highest BCUT2D eigenvalue weighted by atomic mass is 19.3. The highest BCUT2D eigenvalue weighted by Gasteiger charge is 2.30. The first-order valence-electron chi connectivity index (χ1n) is 5.69. The molecule has 17 heavy (non-hydrogen) atoms. The number of imidazole rings is 1. The molecule has 0 atom stereocenters. The molecule has 0 unspecified atom stereocenters. The zero-order valence-corrected chi connectivity index (χ0v) is 9.24. The zero-order chi connectivity index (χ0) is 12.0. The summed E-state index contributed by atoms with van der Waals surface area (Å²) < 4.78 is 26.8. The van der Waals surface area contributed by atoms with Gasteiger partial charge in [0, 0.05) is 11.6 Å². The van der Waals surface area contributed by atoms with Crippen molar-refractivity contribution in [3.63, 3.8) is 0 Å². The molecule has 0 spiro atoms. The number of alkyl halides is 2. The number of aromatic nitrogens is 2. The Morgan fingerprint density at radius 2 is 2.18 bits per heavy atom. The summed E-state index contributed by atoms with van der Waals surface area (Å²) in [5.74, 6) is 1.13. The topological polar surface area (TPSA) is 43.8 Å². The summed E-state index contributed by atoms with van der Waals surface area (Å²) in [4.78, 5) is 4.44. The third-order valence-corrected chi connectivity index (χ3v) is 3.06. The van der Waals surface area contributed by atoms with E-state index in [4.69, 9.17) is 5.73 Å². The Morgan fingerprint density at radius 1 is 1.41 bits per heavy atom. The van der Waals surface area contributed by atoms with Crippen LogP contribution in [0.1, 0.15) is 24.6 Å². The van der Waals surface area contributed by atoms with Crippen LogP contribution < -0.4 is 5.73 Å². The highest BCUT2D eigenvalue weighted by Crippen LogP contribution is 2.41. The molecule has 0 bridgehead atoms. The third-order valence-electron chi connectivity index (χ3n) is 3.06. The van der Waals surface area contributed by atoms with E-state index in [-0.39, 0.29) is 6.54 Å². The van der Waals surface area contributed by atoms with Gasteiger partial charge in [0.25, 0.3) is 6.43 Å². The van der Waals surface area contributed by atoms with Crippen molar-refractivity contribution in [2.75, 3.05) is 5.73 Å². The number of nitrogen functional groups attached to an aromatic ring is 1. The maximum absolute atomic E-state index is 12.6. The van der Waals surface area contributed by atoms with Gasteiger partial charge in [-0.2, -0.15) is 0 Å². The number of rotatable bonds is 3. The molecule has 1 fully saturated rings. The van der Waals surface area contributed by atoms with Crippen molar-refractivity contribution in [2.24, 2.45) is 0 Å². The average Bonchev–Trinajstić information content (AvgIpc) is 3.03. The molecule has 3 nitrogen and oxygen atoms in total. The van der Waals surface area contributed by atoms with Crippen LogP contribution in [-0.4, -0.2) is 16.0 Å². The Hall–Kier alpha value is -1.65. The molecule has 1 aromatic heterocycles. The minimum absolute atomic E-state index is 0.285. The van der Waals surface area contributed by atoms with E-state index in [0.717, 1.165) is 24.2 Å². The standard InChI is InChI=1S/C12H13F2N3/c13-11(14)6-17-10-4-3-8(15)5-9(10)16-12(17)7-1-2-7/h3-5,7,11H,1-2,6,15H2. The maximum Gasteiger partial charge on any atom is 0.256 e. The van der Waals surface area contributed by atoms with Gasteiger partial charge in [-0.25, -0.2) is 13.8 Å². The van der Waals surface area contributed by atoms with E-state index in [1.807, 2.05) is 0 Å². The zero-order valence-electron chi connectivity index (χ0n) is 9.24. The van der Waals surface area contributed by atoms with Gasteiger partial charge in [0.2, 0.25) is 0 Å². The predicted octanol–water partition coefficient (Wildman–Crippen LogP) is 2.76. The van der Waals surface area contributed by atoms with Crippen molar-refractivity contribution < 1.29 is 8.78 Å². The Bertz CT molecular complexity index is 558. The fourth-order valence-corrected chi connectivity index (χ4v) is 2.15. The fourth-order valence-electron chi connectivity index (χ4n) is 2.15. The van der Waals surface area contributed by atoms with Crippen LogP contribution in [0.3, 0.4) is 0 Å². The molecule has 0 aliphatic heterocycles. The van der Waals surface area contributed by atoms with Gasteiger partial charge in [0.1, 0.15) is 5.82 Å². The van der Waals surface area contributed by atoms with E-state index in [9.17, 15) is 8.78 Å². The van der Waals surface area contributed by atoms with Gasteiger partial charge < -0.3 is 10.3 Å². The molecule has 5 heteroatoms. The Morgan fingerprint density at radius 3 is 2.82 bits per heavy atom. The normalized spacial score (nSPS) is 15.9. The van der Waals surface area contributed by atoms with Gasteiger partial charge >= 0.3 is 0 Å². The van der Waals surface area contributed by atoms with Crippen LogP contribution in [0.2, 0.25) is 0 Å². The third kappa shape index (κ3) is 1.85. The second-order valence-corrected chi connectivity index (χ2v) is 4.49. The van der Waals surface area contributed by atoms with Gasteiger partial charge in [-0.1, -0.05) is 0 Å². The van der Waals surface area contributed by atoms with Crippen molar-refractivity contribution in [3.8, 4) is 0 Å². The lowest BCUT2D eigenvalue weighted by Gasteiger charge is -2.07. The number of fused-ring (bicyclic) bond motifs is 1. The van der Waals surface area contributed by atoms with E-state index >= 15 is 0 Å². The minimum Gasteiger partial charge on any atom is -0.399 e. The number of nitrogens with two attached hydrogens (primary N) is 1. The van der Waals surface area contributed by atoms with Crippen molar-refractivity contribution in [3.05, 3.63) is 24.0 Å². The Kier molecular flexibility index (Phi) is 2.28. The van der Waals surface area contributed by atoms with E-state index in [1.54, 1.807) is 22.8 Å². The molecule has 1 aliphatic rings. The lowest BCUT2D eigenvalue weighted by molar-refractivity contribution is 0.127. The Labute approximate surface area is 97.2 Å². The van der Waals surface area contributed by atoms with Gasteiger partial charge in [0.15, 0.2) is 0 Å². The van der Waals surface area contributed by atoms with Crippen LogP contribution in [0.5, 0.6) is 0 Å². The van der Waals surface area contributed by atoms with Gasteiger partial charge in [-0.15, -0.1) is 0 Å². The number of nitrogens with zero attached hydrogens (tertiary/aromatic N) is 2. The molecule has 1 aromatic carbocycles. The number of halogens is 2.